The van der Waals surface area contributed by atoms with E-state index in [0.717, 1.165) is 16.3 Å². The van der Waals surface area contributed by atoms with Crippen LogP contribution in [0.4, 0.5) is 0 Å². The molecule has 0 aliphatic carbocycles. The summed E-state index contributed by atoms with van der Waals surface area (Å²) in [7, 11) is 1.57. The number of para-hydroxylation sites is 1. The van der Waals surface area contributed by atoms with Crippen molar-refractivity contribution >= 4 is 23.2 Å². The van der Waals surface area contributed by atoms with E-state index in [9.17, 15) is 9.59 Å². The molecule has 1 aromatic carbocycles. The lowest BCUT2D eigenvalue weighted by atomic mass is 10.0. The monoisotopic (exact) mass is 389 g/mol. The maximum atomic E-state index is 12.4. The number of carbonyl (C=O) groups is 2. The van der Waals surface area contributed by atoms with E-state index in [1.165, 1.54) is 11.3 Å². The number of rotatable bonds is 9. The Kier molecular flexibility index (Phi) is 7.79. The van der Waals surface area contributed by atoms with Crippen LogP contribution in [0.3, 0.4) is 0 Å². The van der Waals surface area contributed by atoms with Crippen LogP contribution in [0.5, 0.6) is 5.75 Å². The number of ether oxygens (including phenoxy) is 1. The van der Waals surface area contributed by atoms with Gasteiger partial charge >= 0.3 is 0 Å². The molecule has 1 aromatic heterocycles. The fourth-order valence-corrected chi connectivity index (χ4v) is 3.57. The van der Waals surface area contributed by atoms with Crippen LogP contribution in [0.25, 0.3) is 10.6 Å². The predicted octanol–water partition coefficient (Wildman–Crippen LogP) is 3.03. The molecule has 0 spiro atoms. The zero-order valence-corrected chi connectivity index (χ0v) is 17.1. The molecule has 0 aliphatic heterocycles. The highest BCUT2D eigenvalue weighted by atomic mass is 32.1. The molecular formula is C20H27N3O3S. The molecule has 0 bridgehead atoms. The number of benzene rings is 1. The molecule has 2 amide bonds. The van der Waals surface area contributed by atoms with Crippen molar-refractivity contribution in [1.82, 2.24) is 15.6 Å². The maximum Gasteiger partial charge on any atom is 0.242 e. The molecule has 2 aromatic rings. The van der Waals surface area contributed by atoms with E-state index in [-0.39, 0.29) is 18.2 Å². The van der Waals surface area contributed by atoms with Crippen molar-refractivity contribution in [1.29, 1.82) is 0 Å². The van der Waals surface area contributed by atoms with Gasteiger partial charge in [0.2, 0.25) is 11.8 Å². The highest BCUT2D eigenvalue weighted by Gasteiger charge is 2.21. The summed E-state index contributed by atoms with van der Waals surface area (Å²) >= 11 is 1.47. The smallest absolute Gasteiger partial charge is 0.242 e. The second kappa shape index (κ2) is 10.1. The van der Waals surface area contributed by atoms with Crippen LogP contribution < -0.4 is 15.4 Å². The van der Waals surface area contributed by atoms with Crippen LogP contribution in [-0.4, -0.2) is 36.5 Å². The number of thiazole rings is 1. The third-order valence-corrected chi connectivity index (χ3v) is 4.84. The van der Waals surface area contributed by atoms with Crippen molar-refractivity contribution in [3.63, 3.8) is 0 Å². The van der Waals surface area contributed by atoms with Gasteiger partial charge in [0.05, 0.1) is 24.3 Å². The number of aromatic nitrogens is 1. The Balaban J connectivity index is 2.06. The van der Waals surface area contributed by atoms with Gasteiger partial charge in [-0.25, -0.2) is 4.98 Å². The van der Waals surface area contributed by atoms with Gasteiger partial charge in [-0.1, -0.05) is 26.0 Å². The van der Waals surface area contributed by atoms with Crippen LogP contribution in [-0.2, 0) is 16.0 Å². The van der Waals surface area contributed by atoms with E-state index in [1.54, 1.807) is 7.05 Å². The molecular weight excluding hydrogens is 362 g/mol. The number of likely N-dealkylation sites (N-methyl/N-ethyl adjacent to an activating group) is 1. The summed E-state index contributed by atoms with van der Waals surface area (Å²) in [5, 5.41) is 8.10. The second-order valence-corrected chi connectivity index (χ2v) is 7.47. The van der Waals surface area contributed by atoms with Crippen molar-refractivity contribution in [2.24, 2.45) is 5.92 Å². The molecule has 0 fully saturated rings. The lowest BCUT2D eigenvalue weighted by molar-refractivity contribution is -0.128. The Hall–Kier alpha value is -2.41. The highest BCUT2D eigenvalue weighted by Crippen LogP contribution is 2.32. The molecule has 146 valence electrons. The van der Waals surface area contributed by atoms with E-state index >= 15 is 0 Å². The van der Waals surface area contributed by atoms with Gasteiger partial charge in [0.15, 0.2) is 0 Å². The third-order valence-electron chi connectivity index (χ3n) is 3.92. The average Bonchev–Trinajstić information content (AvgIpc) is 3.09. The van der Waals surface area contributed by atoms with Crippen LogP contribution in [0.1, 0.15) is 32.9 Å². The van der Waals surface area contributed by atoms with E-state index in [0.29, 0.717) is 24.6 Å². The largest absolute Gasteiger partial charge is 0.493 e. The molecule has 0 aliphatic rings. The first kappa shape index (κ1) is 20.9. The molecule has 0 saturated heterocycles. The van der Waals surface area contributed by atoms with Crippen LogP contribution in [0, 0.1) is 5.92 Å². The summed E-state index contributed by atoms with van der Waals surface area (Å²) in [6, 6.07) is 7.19. The molecule has 0 saturated carbocycles. The standard InChI is InChI=1S/C20H27N3O3S/c1-5-26-17-9-7-6-8-15(17)20-22-14(12-27-20)11-18(24)23-16(10-13(2)3)19(25)21-4/h6-9,12-13,16H,5,10-11H2,1-4H3,(H,21,25)(H,23,24). The fraction of sp³-hybridized carbons (Fsp3) is 0.450. The van der Waals surface area contributed by atoms with Gasteiger partial charge in [-0.05, 0) is 31.4 Å². The Bertz CT molecular complexity index is 773. The molecule has 6 nitrogen and oxygen atoms in total. The molecule has 2 N–H and O–H groups in total. The number of nitrogens with zero attached hydrogens (tertiary/aromatic N) is 1. The quantitative estimate of drug-likeness (QED) is 0.691. The predicted molar refractivity (Wildman–Crippen MR) is 108 cm³/mol. The Morgan fingerprint density at radius 2 is 2.00 bits per heavy atom. The lowest BCUT2D eigenvalue weighted by Gasteiger charge is -2.18. The minimum atomic E-state index is -0.528. The van der Waals surface area contributed by atoms with E-state index in [4.69, 9.17) is 4.74 Å². The number of hydrogen-bond donors (Lipinski definition) is 2. The normalized spacial score (nSPS) is 11.9. The van der Waals surface area contributed by atoms with Gasteiger partial charge in [-0.15, -0.1) is 11.3 Å². The Morgan fingerprint density at radius 3 is 2.67 bits per heavy atom. The number of nitrogens with one attached hydrogen (secondary N) is 2. The highest BCUT2D eigenvalue weighted by molar-refractivity contribution is 7.13. The topological polar surface area (TPSA) is 80.3 Å². The third kappa shape index (κ3) is 6.06. The number of carbonyl (C=O) groups excluding carboxylic acids is 2. The maximum absolute atomic E-state index is 12.4. The summed E-state index contributed by atoms with van der Waals surface area (Å²) in [4.78, 5) is 28.9. The van der Waals surface area contributed by atoms with Crippen LogP contribution >= 0.6 is 11.3 Å². The van der Waals surface area contributed by atoms with Crippen molar-refractivity contribution in [2.45, 2.75) is 39.7 Å². The second-order valence-electron chi connectivity index (χ2n) is 6.61. The van der Waals surface area contributed by atoms with Gasteiger partial charge in [-0.2, -0.15) is 0 Å². The summed E-state index contributed by atoms with van der Waals surface area (Å²) in [6.07, 6.45) is 0.731. The minimum Gasteiger partial charge on any atom is -0.493 e. The lowest BCUT2D eigenvalue weighted by Crippen LogP contribution is -2.46. The minimum absolute atomic E-state index is 0.138. The Morgan fingerprint density at radius 1 is 1.26 bits per heavy atom. The molecule has 1 heterocycles. The summed E-state index contributed by atoms with van der Waals surface area (Å²) < 4.78 is 5.65. The van der Waals surface area contributed by atoms with Crippen molar-refractivity contribution < 1.29 is 14.3 Å². The van der Waals surface area contributed by atoms with Gasteiger partial charge in [-0.3, -0.25) is 9.59 Å². The van der Waals surface area contributed by atoms with Crippen LogP contribution in [0.15, 0.2) is 29.6 Å². The zero-order chi connectivity index (χ0) is 19.8. The first-order valence-electron chi connectivity index (χ1n) is 9.12. The van der Waals surface area contributed by atoms with Crippen molar-refractivity contribution in [2.75, 3.05) is 13.7 Å². The SMILES string of the molecule is CCOc1ccccc1-c1nc(CC(=O)NC(CC(C)C)C(=O)NC)cs1. The summed E-state index contributed by atoms with van der Waals surface area (Å²) in [5.74, 6) is 0.691. The molecule has 1 unspecified atom stereocenters. The van der Waals surface area contributed by atoms with Crippen LogP contribution in [0.2, 0.25) is 0 Å². The van der Waals surface area contributed by atoms with Crippen molar-refractivity contribution in [3.05, 3.63) is 35.3 Å². The average molecular weight is 390 g/mol. The number of amides is 2. The van der Waals surface area contributed by atoms with E-state index in [2.05, 4.69) is 15.6 Å². The first-order valence-corrected chi connectivity index (χ1v) is 10.00. The summed E-state index contributed by atoms with van der Waals surface area (Å²) in [6.45, 7) is 6.55. The van der Waals surface area contributed by atoms with E-state index in [1.807, 2.05) is 50.4 Å². The van der Waals surface area contributed by atoms with Crippen molar-refractivity contribution in [3.8, 4) is 16.3 Å². The molecule has 2 rings (SSSR count). The van der Waals surface area contributed by atoms with Gasteiger partial charge in [0.25, 0.3) is 0 Å². The first-order chi connectivity index (χ1) is 12.9. The van der Waals surface area contributed by atoms with Gasteiger partial charge in [0, 0.05) is 12.4 Å². The van der Waals surface area contributed by atoms with Gasteiger partial charge < -0.3 is 15.4 Å². The fourth-order valence-electron chi connectivity index (χ4n) is 2.72. The molecule has 0 radical (unpaired) electrons. The number of hydrogen-bond acceptors (Lipinski definition) is 5. The van der Waals surface area contributed by atoms with E-state index < -0.39 is 6.04 Å². The Labute approximate surface area is 164 Å². The molecule has 27 heavy (non-hydrogen) atoms. The zero-order valence-electron chi connectivity index (χ0n) is 16.2. The van der Waals surface area contributed by atoms with Gasteiger partial charge in [0.1, 0.15) is 16.8 Å². The molecule has 1 atom stereocenters. The summed E-state index contributed by atoms with van der Waals surface area (Å²) in [5.41, 5.74) is 1.60. The molecule has 7 heteroatoms.